The molecule has 1 rings (SSSR count). The van der Waals surface area contributed by atoms with Crippen molar-refractivity contribution in [3.8, 4) is 17.6 Å². The molecule has 0 aromatic heterocycles. The van der Waals surface area contributed by atoms with Gasteiger partial charge < -0.3 is 15.2 Å². The first-order chi connectivity index (χ1) is 15.1. The van der Waals surface area contributed by atoms with Crippen LogP contribution < -0.4 is 5.32 Å². The zero-order valence-electron chi connectivity index (χ0n) is 18.8. The van der Waals surface area contributed by atoms with Crippen LogP contribution in [0.1, 0.15) is 81.5 Å². The molecule has 0 atom stereocenters. The fraction of sp³-hybridized carbons (Fsp3) is 0.600. The normalized spacial score (nSPS) is 10.2. The number of hydrogen-bond donors (Lipinski definition) is 2. The summed E-state index contributed by atoms with van der Waals surface area (Å²) in [4.78, 5) is 23.6. The monoisotopic (exact) mass is 447 g/mol. The molecule has 172 valence electrons. The Hall–Kier alpha value is -2.13. The van der Waals surface area contributed by atoms with Gasteiger partial charge >= 0.3 is 5.97 Å². The summed E-state index contributed by atoms with van der Waals surface area (Å²) in [5, 5.41) is 12.3. The number of benzene rings is 1. The van der Waals surface area contributed by atoms with Crippen LogP contribution in [0.4, 0.5) is 0 Å². The van der Waals surface area contributed by atoms with Gasteiger partial charge in [-0.25, -0.2) is 4.79 Å². The number of ether oxygens (including phenoxy) is 1. The number of thioether (sulfide) groups is 1. The minimum absolute atomic E-state index is 0.0477. The molecule has 0 saturated carbocycles. The minimum atomic E-state index is -0.594. The fourth-order valence-corrected chi connectivity index (χ4v) is 3.89. The number of unbranched alkanes of at least 4 members (excludes halogenated alkanes) is 9. The summed E-state index contributed by atoms with van der Waals surface area (Å²) in [5.74, 6) is 6.72. The van der Waals surface area contributed by atoms with Crippen LogP contribution in [0.25, 0.3) is 0 Å². The molecule has 1 aromatic rings. The number of para-hydroxylation sites is 1. The van der Waals surface area contributed by atoms with E-state index in [9.17, 15) is 14.7 Å². The lowest BCUT2D eigenvalue weighted by atomic mass is 10.1. The van der Waals surface area contributed by atoms with Gasteiger partial charge in [-0.15, -0.1) is 11.8 Å². The van der Waals surface area contributed by atoms with Crippen LogP contribution in [0.5, 0.6) is 5.75 Å². The van der Waals surface area contributed by atoms with Crippen molar-refractivity contribution < 1.29 is 19.4 Å². The molecule has 0 spiro atoms. The molecule has 6 heteroatoms. The number of hydrogen-bond acceptors (Lipinski definition) is 5. The van der Waals surface area contributed by atoms with Gasteiger partial charge in [0.2, 0.25) is 5.91 Å². The molecule has 1 aromatic carbocycles. The van der Waals surface area contributed by atoms with Crippen LogP contribution in [-0.2, 0) is 9.53 Å². The second kappa shape index (κ2) is 18.6. The van der Waals surface area contributed by atoms with Crippen LogP contribution in [0, 0.1) is 11.8 Å². The predicted molar refractivity (Wildman–Crippen MR) is 128 cm³/mol. The Kier molecular flexibility index (Phi) is 16.2. The van der Waals surface area contributed by atoms with Crippen molar-refractivity contribution in [2.75, 3.05) is 24.7 Å². The summed E-state index contributed by atoms with van der Waals surface area (Å²) in [6, 6.07) is 6.22. The number of aromatic hydroxyl groups is 1. The lowest BCUT2D eigenvalue weighted by Gasteiger charge is -2.08. The van der Waals surface area contributed by atoms with Crippen molar-refractivity contribution >= 4 is 23.6 Å². The molecular weight excluding hydrogens is 410 g/mol. The van der Waals surface area contributed by atoms with E-state index < -0.39 is 5.97 Å². The van der Waals surface area contributed by atoms with Crippen molar-refractivity contribution in [3.05, 3.63) is 29.8 Å². The highest BCUT2D eigenvalue weighted by Crippen LogP contribution is 2.16. The van der Waals surface area contributed by atoms with Crippen LogP contribution >= 0.6 is 11.8 Å². The van der Waals surface area contributed by atoms with Gasteiger partial charge in [0, 0.05) is 6.42 Å². The number of phenolic OH excluding ortho intramolecular Hbond substituents is 1. The molecular formula is C25H37NO4S. The average Bonchev–Trinajstić information content (AvgIpc) is 2.77. The van der Waals surface area contributed by atoms with Gasteiger partial charge in [0.15, 0.2) is 0 Å². The highest BCUT2D eigenvalue weighted by atomic mass is 32.2. The topological polar surface area (TPSA) is 75.6 Å². The molecule has 5 nitrogen and oxygen atoms in total. The number of carbonyl (C=O) groups is 2. The molecule has 0 heterocycles. The Labute approximate surface area is 191 Å². The minimum Gasteiger partial charge on any atom is -0.507 e. The number of amides is 1. The van der Waals surface area contributed by atoms with Crippen LogP contribution in [0.2, 0.25) is 0 Å². The molecule has 0 saturated heterocycles. The average molecular weight is 448 g/mol. The first-order valence-corrected chi connectivity index (χ1v) is 12.5. The zero-order chi connectivity index (χ0) is 22.6. The molecule has 0 fully saturated rings. The third-order valence-electron chi connectivity index (χ3n) is 4.78. The van der Waals surface area contributed by atoms with Gasteiger partial charge in [0.1, 0.15) is 17.9 Å². The molecule has 1 amide bonds. The van der Waals surface area contributed by atoms with Crippen molar-refractivity contribution in [2.24, 2.45) is 0 Å². The number of rotatable bonds is 17. The van der Waals surface area contributed by atoms with Gasteiger partial charge in [-0.05, 0) is 37.7 Å². The summed E-state index contributed by atoms with van der Waals surface area (Å²) in [7, 11) is 0. The Bertz CT molecular complexity index is 696. The lowest BCUT2D eigenvalue weighted by molar-refractivity contribution is -0.118. The van der Waals surface area contributed by atoms with Crippen molar-refractivity contribution in [3.63, 3.8) is 0 Å². The van der Waals surface area contributed by atoms with Crippen LogP contribution in [0.15, 0.2) is 24.3 Å². The van der Waals surface area contributed by atoms with Gasteiger partial charge in [0.05, 0.1) is 12.3 Å². The van der Waals surface area contributed by atoms with Crippen LogP contribution in [0.3, 0.4) is 0 Å². The van der Waals surface area contributed by atoms with Crippen molar-refractivity contribution in [1.29, 1.82) is 0 Å². The smallest absolute Gasteiger partial charge is 0.341 e. The van der Waals surface area contributed by atoms with Gasteiger partial charge in [0.25, 0.3) is 0 Å². The fourth-order valence-electron chi connectivity index (χ4n) is 3.05. The quantitative estimate of drug-likeness (QED) is 0.192. The van der Waals surface area contributed by atoms with Crippen molar-refractivity contribution in [1.82, 2.24) is 5.32 Å². The maximum Gasteiger partial charge on any atom is 0.341 e. The second-order valence-electron chi connectivity index (χ2n) is 7.41. The largest absolute Gasteiger partial charge is 0.507 e. The highest BCUT2D eigenvalue weighted by Gasteiger charge is 2.11. The van der Waals surface area contributed by atoms with Crippen molar-refractivity contribution in [2.45, 2.75) is 71.1 Å². The standard InChI is InChI=1S/C25H37NO4S/c1-2-3-4-5-6-7-8-9-10-11-12-15-20-31-21-24(28)26-18-19-30-25(29)22-16-13-14-17-23(22)27/h13-14,16-17,27H,4-12,15,18-21H2,1H3,(H,26,28). The Morgan fingerprint density at radius 1 is 1.00 bits per heavy atom. The molecule has 0 unspecified atom stereocenters. The molecule has 31 heavy (non-hydrogen) atoms. The molecule has 2 N–H and O–H groups in total. The van der Waals surface area contributed by atoms with E-state index in [4.69, 9.17) is 4.74 Å². The third kappa shape index (κ3) is 14.5. The molecule has 0 radical (unpaired) electrons. The maximum absolute atomic E-state index is 11.8. The Morgan fingerprint density at radius 2 is 1.65 bits per heavy atom. The molecule has 0 aliphatic carbocycles. The highest BCUT2D eigenvalue weighted by molar-refractivity contribution is 7.99. The van der Waals surface area contributed by atoms with E-state index in [2.05, 4.69) is 17.2 Å². The maximum atomic E-state index is 11.8. The van der Waals surface area contributed by atoms with E-state index in [-0.39, 0.29) is 30.4 Å². The number of phenols is 1. The molecule has 0 bridgehead atoms. The van der Waals surface area contributed by atoms with E-state index in [0.29, 0.717) is 5.75 Å². The van der Waals surface area contributed by atoms with E-state index in [1.54, 1.807) is 23.9 Å². The summed E-state index contributed by atoms with van der Waals surface area (Å²) in [5.41, 5.74) is 0.127. The number of carbonyl (C=O) groups excluding carboxylic acids is 2. The second-order valence-corrected chi connectivity index (χ2v) is 8.52. The third-order valence-corrected chi connectivity index (χ3v) is 5.83. The van der Waals surface area contributed by atoms with E-state index in [1.807, 2.05) is 6.92 Å². The first kappa shape index (κ1) is 26.9. The molecule has 0 aliphatic heterocycles. The molecule has 0 aliphatic rings. The Balaban J connectivity index is 1.87. The lowest BCUT2D eigenvalue weighted by Crippen LogP contribution is -2.29. The predicted octanol–water partition coefficient (Wildman–Crippen LogP) is 5.32. The van der Waals surface area contributed by atoms with Gasteiger partial charge in [-0.3, -0.25) is 4.79 Å². The zero-order valence-corrected chi connectivity index (χ0v) is 19.6. The number of nitrogens with one attached hydrogen (secondary N) is 1. The van der Waals surface area contributed by atoms with Crippen LogP contribution in [-0.4, -0.2) is 41.6 Å². The van der Waals surface area contributed by atoms with Gasteiger partial charge in [-0.1, -0.05) is 57.1 Å². The van der Waals surface area contributed by atoms with E-state index in [0.717, 1.165) is 18.6 Å². The summed E-state index contributed by atoms with van der Waals surface area (Å²) in [6.07, 6.45) is 12.5. The summed E-state index contributed by atoms with van der Waals surface area (Å²) < 4.78 is 5.06. The van der Waals surface area contributed by atoms with E-state index in [1.165, 1.54) is 63.5 Å². The first-order valence-electron chi connectivity index (χ1n) is 11.3. The van der Waals surface area contributed by atoms with E-state index >= 15 is 0 Å². The Morgan fingerprint density at radius 3 is 2.32 bits per heavy atom. The SMILES string of the molecule is CC#CCCCCCCCCCCCSCC(=O)NCCOC(=O)c1ccccc1O. The number of esters is 1. The summed E-state index contributed by atoms with van der Waals surface area (Å²) >= 11 is 1.64. The van der Waals surface area contributed by atoms with Gasteiger partial charge in [-0.2, -0.15) is 11.8 Å². The summed E-state index contributed by atoms with van der Waals surface area (Å²) in [6.45, 7) is 2.25.